The van der Waals surface area contributed by atoms with Gasteiger partial charge in [-0.3, -0.25) is 0 Å². The minimum absolute atomic E-state index is 0.378. The topological polar surface area (TPSA) is 32.3 Å². The Morgan fingerprint density at radius 1 is 1.26 bits per heavy atom. The van der Waals surface area contributed by atoms with Crippen molar-refractivity contribution in [3.8, 4) is 5.75 Å². The molecule has 3 atom stereocenters. The zero-order chi connectivity index (χ0) is 14.0. The minimum Gasteiger partial charge on any atom is -0.508 e. The van der Waals surface area contributed by atoms with Gasteiger partial charge in [-0.2, -0.15) is 0 Å². The van der Waals surface area contributed by atoms with E-state index in [1.807, 2.05) is 19.1 Å². The van der Waals surface area contributed by atoms with E-state index in [0.717, 1.165) is 29.0 Å². The molecule has 0 aliphatic heterocycles. The number of nitrogens with one attached hydrogen (secondary N) is 1. The van der Waals surface area contributed by atoms with E-state index < -0.39 is 0 Å². The van der Waals surface area contributed by atoms with Crippen LogP contribution >= 0.6 is 0 Å². The van der Waals surface area contributed by atoms with Gasteiger partial charge in [-0.05, 0) is 61.3 Å². The summed E-state index contributed by atoms with van der Waals surface area (Å²) in [6.45, 7) is 8.96. The molecule has 1 aromatic carbocycles. The molecule has 2 N–H and O–H groups in total. The van der Waals surface area contributed by atoms with Crippen molar-refractivity contribution in [3.63, 3.8) is 0 Å². The second-order valence-corrected chi connectivity index (χ2v) is 6.58. The van der Waals surface area contributed by atoms with Crippen LogP contribution in [0.1, 0.15) is 45.6 Å². The zero-order valence-corrected chi connectivity index (χ0v) is 12.6. The van der Waals surface area contributed by atoms with E-state index in [1.165, 1.54) is 19.3 Å². The van der Waals surface area contributed by atoms with Crippen molar-refractivity contribution in [3.05, 3.63) is 23.8 Å². The van der Waals surface area contributed by atoms with E-state index >= 15 is 0 Å². The molecule has 1 saturated carbocycles. The van der Waals surface area contributed by atoms with Crippen LogP contribution in [0.3, 0.4) is 0 Å². The third-order valence-electron chi connectivity index (χ3n) is 4.57. The van der Waals surface area contributed by atoms with Gasteiger partial charge in [0.05, 0.1) is 0 Å². The number of anilines is 1. The molecule has 1 aromatic rings. The van der Waals surface area contributed by atoms with Crippen molar-refractivity contribution in [2.75, 3.05) is 5.32 Å². The van der Waals surface area contributed by atoms with Crippen LogP contribution in [0.4, 0.5) is 5.69 Å². The number of hydrogen-bond donors (Lipinski definition) is 2. The summed E-state index contributed by atoms with van der Waals surface area (Å²) in [6.07, 6.45) is 3.94. The molecule has 0 heterocycles. The minimum atomic E-state index is 0.378. The number of phenols is 1. The van der Waals surface area contributed by atoms with Gasteiger partial charge in [-0.1, -0.05) is 27.2 Å². The molecule has 0 amide bonds. The first-order valence-corrected chi connectivity index (χ1v) is 7.53. The first-order chi connectivity index (χ1) is 8.97. The van der Waals surface area contributed by atoms with Gasteiger partial charge in [0.2, 0.25) is 0 Å². The second kappa shape index (κ2) is 5.85. The normalized spacial score (nSPS) is 27.5. The standard InChI is InChI=1S/C17H27NO/c1-11(2)15-7-5-12(3)9-16(15)18-14-6-8-17(19)13(4)10-14/h6,8,10-12,15-16,18-19H,5,7,9H2,1-4H3. The van der Waals surface area contributed by atoms with Crippen molar-refractivity contribution in [1.29, 1.82) is 0 Å². The molecule has 1 aliphatic rings. The highest BCUT2D eigenvalue weighted by atomic mass is 16.3. The van der Waals surface area contributed by atoms with Crippen molar-refractivity contribution in [1.82, 2.24) is 0 Å². The largest absolute Gasteiger partial charge is 0.508 e. The van der Waals surface area contributed by atoms with Gasteiger partial charge in [-0.25, -0.2) is 0 Å². The molecule has 2 nitrogen and oxygen atoms in total. The van der Waals surface area contributed by atoms with E-state index in [-0.39, 0.29) is 0 Å². The van der Waals surface area contributed by atoms with Gasteiger partial charge >= 0.3 is 0 Å². The summed E-state index contributed by atoms with van der Waals surface area (Å²) < 4.78 is 0. The predicted molar refractivity (Wildman–Crippen MR) is 81.6 cm³/mol. The Balaban J connectivity index is 2.11. The van der Waals surface area contributed by atoms with Crippen LogP contribution in [-0.2, 0) is 0 Å². The summed E-state index contributed by atoms with van der Waals surface area (Å²) in [4.78, 5) is 0. The zero-order valence-electron chi connectivity index (χ0n) is 12.6. The molecule has 0 saturated heterocycles. The van der Waals surface area contributed by atoms with Gasteiger partial charge in [0.25, 0.3) is 0 Å². The Kier molecular flexibility index (Phi) is 4.38. The highest BCUT2D eigenvalue weighted by Crippen LogP contribution is 2.35. The summed E-state index contributed by atoms with van der Waals surface area (Å²) in [5.41, 5.74) is 2.08. The average Bonchev–Trinajstić information content (AvgIpc) is 2.33. The van der Waals surface area contributed by atoms with E-state index in [0.29, 0.717) is 11.8 Å². The lowest BCUT2D eigenvalue weighted by Crippen LogP contribution is -2.37. The molecule has 1 fully saturated rings. The number of benzene rings is 1. The molecule has 0 spiro atoms. The molecule has 106 valence electrons. The Morgan fingerprint density at radius 3 is 2.63 bits per heavy atom. The predicted octanol–water partition coefficient (Wildman–Crippen LogP) is 4.57. The summed E-state index contributed by atoms with van der Waals surface area (Å²) >= 11 is 0. The fourth-order valence-electron chi connectivity index (χ4n) is 3.33. The first-order valence-electron chi connectivity index (χ1n) is 7.53. The van der Waals surface area contributed by atoms with Crippen molar-refractivity contribution >= 4 is 5.69 Å². The van der Waals surface area contributed by atoms with Crippen molar-refractivity contribution < 1.29 is 5.11 Å². The maximum absolute atomic E-state index is 9.60. The average molecular weight is 261 g/mol. The van der Waals surface area contributed by atoms with Crippen LogP contribution in [0.5, 0.6) is 5.75 Å². The number of rotatable bonds is 3. The summed E-state index contributed by atoms with van der Waals surface area (Å²) in [7, 11) is 0. The van der Waals surface area contributed by atoms with Gasteiger partial charge in [0.1, 0.15) is 5.75 Å². The van der Waals surface area contributed by atoms with Crippen molar-refractivity contribution in [2.24, 2.45) is 17.8 Å². The number of aromatic hydroxyl groups is 1. The first kappa shape index (κ1) is 14.2. The fraction of sp³-hybridized carbons (Fsp3) is 0.647. The van der Waals surface area contributed by atoms with Crippen LogP contribution in [0.2, 0.25) is 0 Å². The Morgan fingerprint density at radius 2 is 2.00 bits per heavy atom. The molecular weight excluding hydrogens is 234 g/mol. The van der Waals surface area contributed by atoms with Crippen LogP contribution < -0.4 is 5.32 Å². The number of phenolic OH excluding ortho intramolecular Hbond substituents is 1. The van der Waals surface area contributed by atoms with Crippen LogP contribution in [0.15, 0.2) is 18.2 Å². The van der Waals surface area contributed by atoms with E-state index in [2.05, 4.69) is 26.1 Å². The third-order valence-corrected chi connectivity index (χ3v) is 4.57. The van der Waals surface area contributed by atoms with Gasteiger partial charge in [-0.15, -0.1) is 0 Å². The monoisotopic (exact) mass is 261 g/mol. The Hall–Kier alpha value is -1.18. The quantitative estimate of drug-likeness (QED) is 0.781. The molecule has 1 aliphatic carbocycles. The van der Waals surface area contributed by atoms with Gasteiger partial charge < -0.3 is 10.4 Å². The lowest BCUT2D eigenvalue weighted by molar-refractivity contribution is 0.212. The van der Waals surface area contributed by atoms with Crippen LogP contribution in [0.25, 0.3) is 0 Å². The summed E-state index contributed by atoms with van der Waals surface area (Å²) in [6, 6.07) is 6.38. The molecule has 3 unspecified atom stereocenters. The Bertz CT molecular complexity index is 427. The summed E-state index contributed by atoms with van der Waals surface area (Å²) in [5.74, 6) is 2.67. The second-order valence-electron chi connectivity index (χ2n) is 6.58. The fourth-order valence-corrected chi connectivity index (χ4v) is 3.33. The lowest BCUT2D eigenvalue weighted by atomic mass is 9.74. The number of hydrogen-bond acceptors (Lipinski definition) is 2. The third kappa shape index (κ3) is 3.43. The van der Waals surface area contributed by atoms with Crippen molar-refractivity contribution in [2.45, 2.75) is 53.0 Å². The smallest absolute Gasteiger partial charge is 0.118 e. The summed E-state index contributed by atoms with van der Waals surface area (Å²) in [5, 5.41) is 13.3. The highest BCUT2D eigenvalue weighted by Gasteiger charge is 2.30. The molecule has 0 aromatic heterocycles. The van der Waals surface area contributed by atoms with Gasteiger partial charge in [0, 0.05) is 11.7 Å². The number of aryl methyl sites for hydroxylation is 1. The molecule has 0 bridgehead atoms. The SMILES string of the molecule is Cc1cc(NC2CC(C)CCC2C(C)C)ccc1O. The van der Waals surface area contributed by atoms with E-state index in [1.54, 1.807) is 6.07 Å². The maximum atomic E-state index is 9.60. The molecule has 0 radical (unpaired) electrons. The van der Waals surface area contributed by atoms with Gasteiger partial charge in [0.15, 0.2) is 0 Å². The highest BCUT2D eigenvalue weighted by molar-refractivity contribution is 5.51. The Labute approximate surface area is 117 Å². The molecule has 19 heavy (non-hydrogen) atoms. The molecule has 2 heteroatoms. The van der Waals surface area contributed by atoms with E-state index in [4.69, 9.17) is 0 Å². The maximum Gasteiger partial charge on any atom is 0.118 e. The lowest BCUT2D eigenvalue weighted by Gasteiger charge is -2.38. The molecule has 2 rings (SSSR count). The van der Waals surface area contributed by atoms with Crippen LogP contribution in [-0.4, -0.2) is 11.1 Å². The van der Waals surface area contributed by atoms with E-state index in [9.17, 15) is 5.11 Å². The molecular formula is C17H27NO. The van der Waals surface area contributed by atoms with Crippen LogP contribution in [0, 0.1) is 24.7 Å².